The molecular weight excluding hydrogens is 224 g/mol. The molecule has 18 heavy (non-hydrogen) atoms. The Balaban J connectivity index is 2.28. The lowest BCUT2D eigenvalue weighted by Gasteiger charge is -2.33. The smallest absolute Gasteiger partial charge is 0.169 e. The van der Waals surface area contributed by atoms with Gasteiger partial charge >= 0.3 is 0 Å². The maximum atomic E-state index is 12.5. The first-order valence-electron chi connectivity index (χ1n) is 6.59. The first-order chi connectivity index (χ1) is 8.44. The van der Waals surface area contributed by atoms with Crippen LogP contribution in [0.25, 0.3) is 0 Å². The van der Waals surface area contributed by atoms with Crippen molar-refractivity contribution < 1.29 is 9.59 Å². The van der Waals surface area contributed by atoms with Crippen LogP contribution in [0.4, 0.5) is 0 Å². The number of benzene rings is 1. The van der Waals surface area contributed by atoms with Crippen LogP contribution in [-0.4, -0.2) is 11.6 Å². The molecule has 0 radical (unpaired) electrons. The van der Waals surface area contributed by atoms with Crippen molar-refractivity contribution in [1.82, 2.24) is 0 Å². The van der Waals surface area contributed by atoms with E-state index in [9.17, 15) is 9.59 Å². The average Bonchev–Trinajstić information content (AvgIpc) is 2.34. The Morgan fingerprint density at radius 1 is 1.33 bits per heavy atom. The van der Waals surface area contributed by atoms with Crippen LogP contribution < -0.4 is 0 Å². The van der Waals surface area contributed by atoms with Crippen molar-refractivity contribution in [2.75, 3.05) is 0 Å². The number of fused-ring (bicyclic) bond motifs is 1. The Hall–Kier alpha value is -1.44. The van der Waals surface area contributed by atoms with Crippen LogP contribution >= 0.6 is 0 Å². The predicted octanol–water partition coefficient (Wildman–Crippen LogP) is 3.44. The summed E-state index contributed by atoms with van der Waals surface area (Å²) in [6.45, 7) is 5.73. The van der Waals surface area contributed by atoms with E-state index in [1.54, 1.807) is 0 Å². The first-order valence-corrected chi connectivity index (χ1v) is 6.59. The van der Waals surface area contributed by atoms with Gasteiger partial charge in [0.1, 0.15) is 5.78 Å². The van der Waals surface area contributed by atoms with E-state index in [2.05, 4.69) is 0 Å². The number of hydrogen-bond acceptors (Lipinski definition) is 2. The van der Waals surface area contributed by atoms with Gasteiger partial charge in [0.05, 0.1) is 0 Å². The molecule has 1 atom stereocenters. The molecule has 0 saturated carbocycles. The molecule has 2 nitrogen and oxygen atoms in total. The summed E-state index contributed by atoms with van der Waals surface area (Å²) in [6.07, 6.45) is 2.04. The third-order valence-corrected chi connectivity index (χ3v) is 3.96. The number of carbonyl (C=O) groups is 2. The molecule has 1 unspecified atom stereocenters. The highest BCUT2D eigenvalue weighted by molar-refractivity contribution is 6.04. The average molecular weight is 244 g/mol. The van der Waals surface area contributed by atoms with Crippen LogP contribution in [0, 0.1) is 11.3 Å². The van der Waals surface area contributed by atoms with Gasteiger partial charge in [0.2, 0.25) is 0 Å². The Labute approximate surface area is 108 Å². The highest BCUT2D eigenvalue weighted by atomic mass is 16.1. The fourth-order valence-corrected chi connectivity index (χ4v) is 2.57. The van der Waals surface area contributed by atoms with Gasteiger partial charge in [-0.05, 0) is 18.4 Å². The molecule has 0 N–H and O–H groups in total. The van der Waals surface area contributed by atoms with Gasteiger partial charge in [-0.3, -0.25) is 9.59 Å². The quantitative estimate of drug-likeness (QED) is 0.816. The summed E-state index contributed by atoms with van der Waals surface area (Å²) in [6, 6.07) is 7.76. The predicted molar refractivity (Wildman–Crippen MR) is 71.7 cm³/mol. The number of aryl methyl sites for hydroxylation is 1. The second-order valence-electron chi connectivity index (χ2n) is 5.84. The highest BCUT2D eigenvalue weighted by Gasteiger charge is 2.39. The number of Topliss-reactive ketones (excluding diaryl/α,β-unsaturated/α-hetero) is 2. The number of carbonyl (C=O) groups excluding carboxylic acids is 2. The second-order valence-corrected chi connectivity index (χ2v) is 5.84. The zero-order valence-electron chi connectivity index (χ0n) is 11.3. The summed E-state index contributed by atoms with van der Waals surface area (Å²) in [5.74, 6) is 0.329. The van der Waals surface area contributed by atoms with Crippen molar-refractivity contribution >= 4 is 11.6 Å². The van der Waals surface area contributed by atoms with E-state index < -0.39 is 5.41 Å². The van der Waals surface area contributed by atoms with Crippen LogP contribution in [0.5, 0.6) is 0 Å². The fourth-order valence-electron chi connectivity index (χ4n) is 2.57. The zero-order valence-corrected chi connectivity index (χ0v) is 11.3. The van der Waals surface area contributed by atoms with Crippen LogP contribution in [0.15, 0.2) is 24.3 Å². The molecule has 0 saturated heterocycles. The van der Waals surface area contributed by atoms with E-state index in [-0.39, 0.29) is 17.5 Å². The van der Waals surface area contributed by atoms with E-state index in [0.29, 0.717) is 6.42 Å². The summed E-state index contributed by atoms with van der Waals surface area (Å²) in [5.41, 5.74) is 1.43. The Morgan fingerprint density at radius 3 is 2.67 bits per heavy atom. The molecule has 96 valence electrons. The molecule has 0 fully saturated rings. The van der Waals surface area contributed by atoms with Crippen molar-refractivity contribution in [2.24, 2.45) is 11.3 Å². The highest BCUT2D eigenvalue weighted by Crippen LogP contribution is 2.38. The minimum Gasteiger partial charge on any atom is -0.299 e. The maximum Gasteiger partial charge on any atom is 0.169 e. The monoisotopic (exact) mass is 244 g/mol. The van der Waals surface area contributed by atoms with Crippen molar-refractivity contribution in [1.29, 1.82) is 0 Å². The fraction of sp³-hybridized carbons (Fsp3) is 0.500. The molecule has 2 rings (SSSR count). The van der Waals surface area contributed by atoms with Crippen LogP contribution in [0.2, 0.25) is 0 Å². The van der Waals surface area contributed by atoms with E-state index >= 15 is 0 Å². The zero-order chi connectivity index (χ0) is 13.3. The van der Waals surface area contributed by atoms with E-state index in [0.717, 1.165) is 24.0 Å². The molecule has 1 aromatic rings. The van der Waals surface area contributed by atoms with Crippen LogP contribution in [0.1, 0.15) is 49.5 Å². The normalized spacial score (nSPS) is 23.0. The van der Waals surface area contributed by atoms with Gasteiger partial charge in [0, 0.05) is 23.3 Å². The molecule has 1 aliphatic rings. The Bertz CT molecular complexity index is 488. The minimum atomic E-state index is -0.504. The van der Waals surface area contributed by atoms with Gasteiger partial charge in [0.15, 0.2) is 5.78 Å². The first kappa shape index (κ1) is 13.0. The molecular formula is C16H20O2. The summed E-state index contributed by atoms with van der Waals surface area (Å²) < 4.78 is 0. The lowest BCUT2D eigenvalue weighted by Crippen LogP contribution is -2.36. The Kier molecular flexibility index (Phi) is 3.38. The summed E-state index contributed by atoms with van der Waals surface area (Å²) in [5, 5.41) is 0. The van der Waals surface area contributed by atoms with Crippen LogP contribution in [0.3, 0.4) is 0 Å². The van der Waals surface area contributed by atoms with Gasteiger partial charge < -0.3 is 0 Å². The lowest BCUT2D eigenvalue weighted by atomic mass is 9.68. The van der Waals surface area contributed by atoms with Crippen molar-refractivity contribution in [3.8, 4) is 0 Å². The molecule has 1 aromatic carbocycles. The summed E-state index contributed by atoms with van der Waals surface area (Å²) >= 11 is 0. The van der Waals surface area contributed by atoms with Gasteiger partial charge in [-0.2, -0.15) is 0 Å². The van der Waals surface area contributed by atoms with Gasteiger partial charge in [-0.25, -0.2) is 0 Å². The van der Waals surface area contributed by atoms with E-state index in [1.165, 1.54) is 0 Å². The van der Waals surface area contributed by atoms with Crippen molar-refractivity contribution in [3.63, 3.8) is 0 Å². The number of ketones is 2. The molecule has 0 aromatic heterocycles. The molecule has 1 aliphatic carbocycles. The third-order valence-electron chi connectivity index (χ3n) is 3.96. The molecule has 0 bridgehead atoms. The molecule has 0 aliphatic heterocycles. The maximum absolute atomic E-state index is 12.5. The van der Waals surface area contributed by atoms with Gasteiger partial charge in [0.25, 0.3) is 0 Å². The third kappa shape index (κ3) is 2.24. The minimum absolute atomic E-state index is 0.00629. The SMILES string of the molecule is CC(C)C(=O)CC1(C)CCc2ccccc2C1=O. The molecule has 0 heterocycles. The lowest BCUT2D eigenvalue weighted by molar-refractivity contribution is -0.123. The van der Waals surface area contributed by atoms with Crippen molar-refractivity contribution in [2.45, 2.75) is 40.0 Å². The summed E-state index contributed by atoms with van der Waals surface area (Å²) in [7, 11) is 0. The molecule has 0 spiro atoms. The molecule has 2 heteroatoms. The van der Waals surface area contributed by atoms with Crippen LogP contribution in [-0.2, 0) is 11.2 Å². The van der Waals surface area contributed by atoms with E-state index in [4.69, 9.17) is 0 Å². The van der Waals surface area contributed by atoms with Crippen molar-refractivity contribution in [3.05, 3.63) is 35.4 Å². The number of rotatable bonds is 3. The second kappa shape index (κ2) is 4.68. The Morgan fingerprint density at radius 2 is 2.00 bits per heavy atom. The van der Waals surface area contributed by atoms with Gasteiger partial charge in [-0.1, -0.05) is 45.0 Å². The van der Waals surface area contributed by atoms with Gasteiger partial charge in [-0.15, -0.1) is 0 Å². The largest absolute Gasteiger partial charge is 0.299 e. The summed E-state index contributed by atoms with van der Waals surface area (Å²) in [4.78, 5) is 24.5. The number of hydrogen-bond donors (Lipinski definition) is 0. The molecule has 0 amide bonds. The standard InChI is InChI=1S/C16H20O2/c1-11(2)14(17)10-16(3)9-8-12-6-4-5-7-13(12)15(16)18/h4-7,11H,8-10H2,1-3H3. The van der Waals surface area contributed by atoms with E-state index in [1.807, 2.05) is 45.0 Å². The topological polar surface area (TPSA) is 34.1 Å².